The second-order valence-electron chi connectivity index (χ2n) is 3.77. The van der Waals surface area contributed by atoms with Crippen LogP contribution in [-0.2, 0) is 16.0 Å². The van der Waals surface area contributed by atoms with Crippen LogP contribution in [0.4, 0.5) is 0 Å². The van der Waals surface area contributed by atoms with Gasteiger partial charge in [0.2, 0.25) is 0 Å². The molecule has 0 saturated carbocycles. The van der Waals surface area contributed by atoms with Gasteiger partial charge in [0.25, 0.3) is 0 Å². The summed E-state index contributed by atoms with van der Waals surface area (Å²) >= 11 is 9.35. The van der Waals surface area contributed by atoms with E-state index in [2.05, 4.69) is 15.9 Å². The summed E-state index contributed by atoms with van der Waals surface area (Å²) in [6.07, 6.45) is 0.792. The van der Waals surface area contributed by atoms with Gasteiger partial charge in [0.1, 0.15) is 0 Å². The Hall–Kier alpha value is -0.420. The van der Waals surface area contributed by atoms with E-state index in [1.165, 1.54) is 0 Å². The molecule has 1 unspecified atom stereocenters. The summed E-state index contributed by atoms with van der Waals surface area (Å²) in [7, 11) is 1.59. The van der Waals surface area contributed by atoms with Crippen LogP contribution < -0.4 is 5.73 Å². The molecule has 0 saturated heterocycles. The molecule has 5 heteroatoms. The third kappa shape index (κ3) is 4.76. The maximum atomic E-state index is 11.8. The molecule has 0 aromatic heterocycles. The van der Waals surface area contributed by atoms with Gasteiger partial charge in [0.15, 0.2) is 5.78 Å². The third-order valence-electron chi connectivity index (χ3n) is 2.43. The van der Waals surface area contributed by atoms with E-state index in [9.17, 15) is 4.79 Å². The van der Waals surface area contributed by atoms with Crippen LogP contribution in [0.3, 0.4) is 0 Å². The minimum Gasteiger partial charge on any atom is -0.385 e. The molecule has 0 aliphatic heterocycles. The lowest BCUT2D eigenvalue weighted by Gasteiger charge is -2.10. The number of benzene rings is 1. The minimum absolute atomic E-state index is 0.0220. The molecule has 0 radical (unpaired) electrons. The Kier molecular flexibility index (Phi) is 6.12. The minimum atomic E-state index is -0.491. The number of ketones is 1. The second kappa shape index (κ2) is 7.11. The lowest BCUT2D eigenvalue weighted by molar-refractivity contribution is -0.120. The first kappa shape index (κ1) is 14.6. The largest absolute Gasteiger partial charge is 0.385 e. The van der Waals surface area contributed by atoms with Gasteiger partial charge in [-0.3, -0.25) is 4.79 Å². The van der Waals surface area contributed by atoms with Crippen molar-refractivity contribution < 1.29 is 9.53 Å². The maximum absolute atomic E-state index is 11.8. The molecule has 0 aliphatic rings. The summed E-state index contributed by atoms with van der Waals surface area (Å²) in [6, 6.07) is 4.96. The zero-order valence-electron chi connectivity index (χ0n) is 9.58. The van der Waals surface area contributed by atoms with Gasteiger partial charge in [0, 0.05) is 29.6 Å². The molecule has 0 heterocycles. The van der Waals surface area contributed by atoms with Crippen LogP contribution in [0.15, 0.2) is 22.7 Å². The fourth-order valence-corrected chi connectivity index (χ4v) is 2.13. The van der Waals surface area contributed by atoms with Crippen molar-refractivity contribution in [1.29, 1.82) is 0 Å². The van der Waals surface area contributed by atoms with Gasteiger partial charge in [-0.05, 0) is 24.1 Å². The number of carbonyl (C=O) groups is 1. The Balaban J connectivity index is 2.61. The number of ether oxygens (including phenoxy) is 1. The van der Waals surface area contributed by atoms with Gasteiger partial charge in [-0.15, -0.1) is 0 Å². The van der Waals surface area contributed by atoms with E-state index in [1.807, 2.05) is 12.1 Å². The van der Waals surface area contributed by atoms with Gasteiger partial charge >= 0.3 is 0 Å². The number of carbonyl (C=O) groups excluding carboxylic acids is 1. The summed E-state index contributed by atoms with van der Waals surface area (Å²) < 4.78 is 5.78. The van der Waals surface area contributed by atoms with E-state index in [0.29, 0.717) is 18.1 Å². The molecule has 0 fully saturated rings. The van der Waals surface area contributed by atoms with E-state index >= 15 is 0 Å². The van der Waals surface area contributed by atoms with Gasteiger partial charge in [-0.1, -0.05) is 33.6 Å². The number of Topliss-reactive ketones (excluding diaryl/α,β-unsaturated/α-hetero) is 1. The average molecular weight is 321 g/mol. The smallest absolute Gasteiger partial charge is 0.154 e. The van der Waals surface area contributed by atoms with E-state index in [-0.39, 0.29) is 12.2 Å². The van der Waals surface area contributed by atoms with Crippen molar-refractivity contribution in [2.75, 3.05) is 13.7 Å². The SMILES string of the molecule is COCCC(N)C(=O)Cc1ccc(Br)cc1Cl. The number of nitrogens with two attached hydrogens (primary N) is 1. The topological polar surface area (TPSA) is 52.3 Å². The highest BCUT2D eigenvalue weighted by atomic mass is 79.9. The summed E-state index contributed by atoms with van der Waals surface area (Å²) in [5.74, 6) is -0.0220. The lowest BCUT2D eigenvalue weighted by atomic mass is 10.0. The van der Waals surface area contributed by atoms with Crippen LogP contribution >= 0.6 is 27.5 Å². The second-order valence-corrected chi connectivity index (χ2v) is 5.09. The van der Waals surface area contributed by atoms with Crippen molar-refractivity contribution in [2.45, 2.75) is 18.9 Å². The van der Waals surface area contributed by atoms with Crippen LogP contribution in [0.25, 0.3) is 0 Å². The summed E-state index contributed by atoms with van der Waals surface area (Å²) in [6.45, 7) is 0.487. The summed E-state index contributed by atoms with van der Waals surface area (Å²) in [5, 5.41) is 0.576. The molecule has 0 amide bonds. The molecule has 2 N–H and O–H groups in total. The van der Waals surface area contributed by atoms with Crippen molar-refractivity contribution in [2.24, 2.45) is 5.73 Å². The van der Waals surface area contributed by atoms with Crippen LogP contribution in [0.5, 0.6) is 0 Å². The molecular weight excluding hydrogens is 305 g/mol. The van der Waals surface area contributed by atoms with E-state index < -0.39 is 6.04 Å². The monoisotopic (exact) mass is 319 g/mol. The Morgan fingerprint density at radius 2 is 2.29 bits per heavy atom. The molecule has 3 nitrogen and oxygen atoms in total. The highest BCUT2D eigenvalue weighted by Crippen LogP contribution is 2.22. The molecule has 0 aliphatic carbocycles. The maximum Gasteiger partial charge on any atom is 0.154 e. The number of halogens is 2. The Morgan fingerprint density at radius 3 is 2.88 bits per heavy atom. The number of methoxy groups -OCH3 is 1. The Labute approximate surface area is 114 Å². The molecule has 1 atom stereocenters. The first-order valence-corrected chi connectivity index (χ1v) is 6.43. The van der Waals surface area contributed by atoms with Crippen LogP contribution in [-0.4, -0.2) is 25.5 Å². The third-order valence-corrected chi connectivity index (χ3v) is 3.27. The first-order chi connectivity index (χ1) is 8.04. The van der Waals surface area contributed by atoms with Crippen molar-refractivity contribution in [3.8, 4) is 0 Å². The standard InChI is InChI=1S/C12H15BrClNO2/c1-17-5-4-11(15)12(16)6-8-2-3-9(13)7-10(8)14/h2-3,7,11H,4-6,15H2,1H3. The number of hydrogen-bond acceptors (Lipinski definition) is 3. The van der Waals surface area contributed by atoms with Gasteiger partial charge in [0.05, 0.1) is 6.04 Å². The Morgan fingerprint density at radius 1 is 1.59 bits per heavy atom. The van der Waals surface area contributed by atoms with Gasteiger partial charge in [-0.2, -0.15) is 0 Å². The molecule has 1 rings (SSSR count). The molecule has 1 aromatic rings. The predicted molar refractivity (Wildman–Crippen MR) is 72.3 cm³/mol. The molecule has 0 spiro atoms. The van der Waals surface area contributed by atoms with Crippen molar-refractivity contribution in [3.63, 3.8) is 0 Å². The lowest BCUT2D eigenvalue weighted by Crippen LogP contribution is -2.32. The molecule has 0 bridgehead atoms. The summed E-state index contributed by atoms with van der Waals surface area (Å²) in [4.78, 5) is 11.8. The van der Waals surface area contributed by atoms with Crippen molar-refractivity contribution in [1.82, 2.24) is 0 Å². The van der Waals surface area contributed by atoms with E-state index in [0.717, 1.165) is 10.0 Å². The fraction of sp³-hybridized carbons (Fsp3) is 0.417. The predicted octanol–water partition coefficient (Wildman–Crippen LogP) is 2.58. The zero-order valence-corrected chi connectivity index (χ0v) is 11.9. The van der Waals surface area contributed by atoms with Gasteiger partial charge < -0.3 is 10.5 Å². The zero-order chi connectivity index (χ0) is 12.8. The van der Waals surface area contributed by atoms with Crippen LogP contribution in [0.1, 0.15) is 12.0 Å². The average Bonchev–Trinajstić information content (AvgIpc) is 2.29. The number of hydrogen-bond donors (Lipinski definition) is 1. The van der Waals surface area contributed by atoms with Crippen LogP contribution in [0, 0.1) is 0 Å². The number of rotatable bonds is 6. The molecule has 94 valence electrons. The molecular formula is C12H15BrClNO2. The van der Waals surface area contributed by atoms with Crippen molar-refractivity contribution in [3.05, 3.63) is 33.3 Å². The highest BCUT2D eigenvalue weighted by Gasteiger charge is 2.15. The first-order valence-electron chi connectivity index (χ1n) is 5.25. The summed E-state index contributed by atoms with van der Waals surface area (Å²) in [5.41, 5.74) is 6.55. The van der Waals surface area contributed by atoms with Crippen molar-refractivity contribution >= 4 is 33.3 Å². The van der Waals surface area contributed by atoms with Gasteiger partial charge in [-0.25, -0.2) is 0 Å². The van der Waals surface area contributed by atoms with Crippen LogP contribution in [0.2, 0.25) is 5.02 Å². The fourth-order valence-electron chi connectivity index (χ4n) is 1.39. The highest BCUT2D eigenvalue weighted by molar-refractivity contribution is 9.10. The quantitative estimate of drug-likeness (QED) is 0.876. The normalized spacial score (nSPS) is 12.5. The van der Waals surface area contributed by atoms with E-state index in [4.69, 9.17) is 22.1 Å². The van der Waals surface area contributed by atoms with E-state index in [1.54, 1.807) is 13.2 Å². The Bertz CT molecular complexity index is 398. The molecule has 17 heavy (non-hydrogen) atoms. The molecule has 1 aromatic carbocycles.